The summed E-state index contributed by atoms with van der Waals surface area (Å²) in [6.45, 7) is 0. The van der Waals surface area contributed by atoms with Crippen molar-refractivity contribution in [3.05, 3.63) is 17.2 Å². The quantitative estimate of drug-likeness (QED) is 0.887. The Bertz CT molecular complexity index is 511. The van der Waals surface area contributed by atoms with E-state index in [2.05, 4.69) is 5.32 Å². The van der Waals surface area contributed by atoms with Crippen molar-refractivity contribution >= 4 is 35.6 Å². The zero-order valence-electron chi connectivity index (χ0n) is 12.0. The molecule has 3 N–H and O–H groups in total. The van der Waals surface area contributed by atoms with E-state index in [1.54, 1.807) is 12.1 Å². The molecule has 2 atom stereocenters. The number of nitrogens with two attached hydrogens (primary N) is 1. The van der Waals surface area contributed by atoms with Crippen molar-refractivity contribution in [3.63, 3.8) is 0 Å². The van der Waals surface area contributed by atoms with Gasteiger partial charge < -0.3 is 20.5 Å². The highest BCUT2D eigenvalue weighted by Gasteiger charge is 2.28. The maximum Gasteiger partial charge on any atom is 0.227 e. The van der Waals surface area contributed by atoms with Gasteiger partial charge in [0.2, 0.25) is 5.91 Å². The number of ether oxygens (including phenoxy) is 2. The number of anilines is 1. The van der Waals surface area contributed by atoms with Crippen LogP contribution in [0.5, 0.6) is 11.5 Å². The van der Waals surface area contributed by atoms with Gasteiger partial charge in [-0.05, 0) is 25.3 Å². The van der Waals surface area contributed by atoms with Gasteiger partial charge in [-0.3, -0.25) is 4.79 Å². The van der Waals surface area contributed by atoms with Gasteiger partial charge in [-0.1, -0.05) is 11.6 Å². The molecule has 0 radical (unpaired) electrons. The van der Waals surface area contributed by atoms with Crippen LogP contribution in [0.25, 0.3) is 0 Å². The molecule has 118 valence electrons. The van der Waals surface area contributed by atoms with Crippen LogP contribution in [0, 0.1) is 5.92 Å². The van der Waals surface area contributed by atoms with Crippen LogP contribution in [0.3, 0.4) is 0 Å². The molecule has 1 fully saturated rings. The zero-order valence-corrected chi connectivity index (χ0v) is 13.6. The van der Waals surface area contributed by atoms with Crippen LogP contribution >= 0.6 is 24.0 Å². The number of carbonyl (C=O) groups is 1. The maximum absolute atomic E-state index is 12.2. The first-order chi connectivity index (χ1) is 9.55. The molecule has 1 aromatic carbocycles. The van der Waals surface area contributed by atoms with E-state index in [4.69, 9.17) is 26.8 Å². The molecule has 1 aliphatic rings. The second kappa shape index (κ2) is 7.73. The van der Waals surface area contributed by atoms with Crippen molar-refractivity contribution < 1.29 is 14.3 Å². The van der Waals surface area contributed by atoms with Crippen LogP contribution in [0.2, 0.25) is 5.02 Å². The first-order valence-electron chi connectivity index (χ1n) is 6.53. The Morgan fingerprint density at radius 1 is 1.29 bits per heavy atom. The molecule has 5 nitrogen and oxygen atoms in total. The predicted octanol–water partition coefficient (Wildman–Crippen LogP) is 2.84. The minimum absolute atomic E-state index is 0. The monoisotopic (exact) mass is 334 g/mol. The lowest BCUT2D eigenvalue weighted by atomic mass is 10.1. The third-order valence-corrected chi connectivity index (χ3v) is 3.87. The Morgan fingerprint density at radius 2 is 1.95 bits per heavy atom. The van der Waals surface area contributed by atoms with Gasteiger partial charge in [0.25, 0.3) is 0 Å². The number of hydrogen-bond donors (Lipinski definition) is 2. The van der Waals surface area contributed by atoms with Gasteiger partial charge in [0.15, 0.2) is 0 Å². The summed E-state index contributed by atoms with van der Waals surface area (Å²) in [7, 11) is 3.06. The molecule has 0 heterocycles. The van der Waals surface area contributed by atoms with E-state index in [9.17, 15) is 4.79 Å². The molecule has 1 aliphatic carbocycles. The molecule has 7 heteroatoms. The second-order valence-corrected chi connectivity index (χ2v) is 5.35. The van der Waals surface area contributed by atoms with Gasteiger partial charge in [-0.2, -0.15) is 0 Å². The molecule has 1 aromatic rings. The first kappa shape index (κ1) is 17.9. The summed E-state index contributed by atoms with van der Waals surface area (Å²) in [6, 6.07) is 3.40. The normalized spacial score (nSPS) is 20.6. The lowest BCUT2D eigenvalue weighted by Gasteiger charge is -2.15. The highest BCUT2D eigenvalue weighted by molar-refractivity contribution is 6.32. The lowest BCUT2D eigenvalue weighted by molar-refractivity contribution is -0.119. The molecular formula is C14H20Cl2N2O3. The molecule has 2 unspecified atom stereocenters. The molecule has 21 heavy (non-hydrogen) atoms. The van der Waals surface area contributed by atoms with Crippen molar-refractivity contribution in [2.75, 3.05) is 19.5 Å². The number of nitrogens with one attached hydrogen (secondary N) is 1. The average Bonchev–Trinajstić information content (AvgIpc) is 2.86. The molecule has 0 spiro atoms. The fourth-order valence-corrected chi connectivity index (χ4v) is 2.69. The number of methoxy groups -OCH3 is 2. The van der Waals surface area contributed by atoms with E-state index in [0.29, 0.717) is 22.2 Å². The van der Waals surface area contributed by atoms with E-state index < -0.39 is 0 Å². The second-order valence-electron chi connectivity index (χ2n) is 4.95. The van der Waals surface area contributed by atoms with Gasteiger partial charge in [0, 0.05) is 18.0 Å². The van der Waals surface area contributed by atoms with Crippen molar-refractivity contribution in [3.8, 4) is 11.5 Å². The molecule has 1 saturated carbocycles. The number of amides is 1. The maximum atomic E-state index is 12.2. The summed E-state index contributed by atoms with van der Waals surface area (Å²) in [6.07, 6.45) is 2.43. The van der Waals surface area contributed by atoms with Crippen LogP contribution in [0.15, 0.2) is 12.1 Å². The first-order valence-corrected chi connectivity index (χ1v) is 6.91. The summed E-state index contributed by atoms with van der Waals surface area (Å²) in [5, 5.41) is 3.28. The van der Waals surface area contributed by atoms with Crippen molar-refractivity contribution in [2.24, 2.45) is 11.7 Å². The van der Waals surface area contributed by atoms with Gasteiger partial charge in [-0.25, -0.2) is 0 Å². The number of rotatable bonds is 4. The molecule has 0 saturated heterocycles. The fourth-order valence-electron chi connectivity index (χ4n) is 2.45. The zero-order chi connectivity index (χ0) is 14.7. The molecule has 1 amide bonds. The van der Waals surface area contributed by atoms with Crippen LogP contribution in [0.1, 0.15) is 19.3 Å². The Balaban J connectivity index is 0.00000220. The Hall–Kier alpha value is -1.17. The Labute approximate surface area is 135 Å². The number of carbonyl (C=O) groups excluding carboxylic acids is 1. The summed E-state index contributed by atoms with van der Waals surface area (Å²) in [4.78, 5) is 12.2. The van der Waals surface area contributed by atoms with Crippen LogP contribution in [-0.2, 0) is 4.79 Å². The number of benzene rings is 1. The SMILES string of the molecule is COc1cc(OC)c(NC(=O)C2CCC(N)C2)cc1Cl.Cl. The van der Waals surface area contributed by atoms with Gasteiger partial charge >= 0.3 is 0 Å². The van der Waals surface area contributed by atoms with Gasteiger partial charge in [0.05, 0.1) is 24.9 Å². The number of halogens is 2. The average molecular weight is 335 g/mol. The minimum Gasteiger partial charge on any atom is -0.495 e. The fraction of sp³-hybridized carbons (Fsp3) is 0.500. The number of hydrogen-bond acceptors (Lipinski definition) is 4. The van der Waals surface area contributed by atoms with Crippen LogP contribution < -0.4 is 20.5 Å². The van der Waals surface area contributed by atoms with Crippen LogP contribution in [0.4, 0.5) is 5.69 Å². The van der Waals surface area contributed by atoms with Crippen molar-refractivity contribution in [1.82, 2.24) is 0 Å². The molecule has 0 aromatic heterocycles. The topological polar surface area (TPSA) is 73.6 Å². The van der Waals surface area contributed by atoms with Crippen molar-refractivity contribution in [1.29, 1.82) is 0 Å². The van der Waals surface area contributed by atoms with Crippen molar-refractivity contribution in [2.45, 2.75) is 25.3 Å². The van der Waals surface area contributed by atoms with E-state index in [1.165, 1.54) is 14.2 Å². The predicted molar refractivity (Wildman–Crippen MR) is 85.8 cm³/mol. The Kier molecular flexibility index (Phi) is 6.58. The van der Waals surface area contributed by atoms with Crippen LogP contribution in [-0.4, -0.2) is 26.2 Å². The third kappa shape index (κ3) is 4.15. The summed E-state index contributed by atoms with van der Waals surface area (Å²) < 4.78 is 10.4. The molecule has 2 rings (SSSR count). The van der Waals surface area contributed by atoms with E-state index >= 15 is 0 Å². The smallest absolute Gasteiger partial charge is 0.227 e. The summed E-state index contributed by atoms with van der Waals surface area (Å²) in [5.41, 5.74) is 6.38. The van der Waals surface area contributed by atoms with E-state index in [0.717, 1.165) is 19.3 Å². The summed E-state index contributed by atoms with van der Waals surface area (Å²) >= 11 is 6.07. The summed E-state index contributed by atoms with van der Waals surface area (Å²) in [5.74, 6) is 0.930. The lowest BCUT2D eigenvalue weighted by Crippen LogP contribution is -2.23. The van der Waals surface area contributed by atoms with E-state index in [1.807, 2.05) is 0 Å². The standard InChI is InChI=1S/C14H19ClN2O3.ClH/c1-19-12-7-13(20-2)11(6-10(12)15)17-14(18)8-3-4-9(16)5-8;/h6-9H,3-5,16H2,1-2H3,(H,17,18);1H. The molecular weight excluding hydrogens is 315 g/mol. The highest BCUT2D eigenvalue weighted by atomic mass is 35.5. The highest BCUT2D eigenvalue weighted by Crippen LogP contribution is 2.36. The van der Waals surface area contributed by atoms with Gasteiger partial charge in [0.1, 0.15) is 11.5 Å². The molecule has 0 bridgehead atoms. The van der Waals surface area contributed by atoms with E-state index in [-0.39, 0.29) is 30.3 Å². The largest absolute Gasteiger partial charge is 0.495 e. The minimum atomic E-state index is -0.0458. The Morgan fingerprint density at radius 3 is 2.48 bits per heavy atom. The third-order valence-electron chi connectivity index (χ3n) is 3.58. The van der Waals surface area contributed by atoms with Gasteiger partial charge in [-0.15, -0.1) is 12.4 Å². The molecule has 0 aliphatic heterocycles.